The third kappa shape index (κ3) is 7.98. The topological polar surface area (TPSA) is 9.23 Å². The van der Waals surface area contributed by atoms with E-state index in [0.29, 0.717) is 0 Å². The molecule has 0 N–H and O–H groups in total. The first-order chi connectivity index (χ1) is 7.33. The van der Waals surface area contributed by atoms with Crippen LogP contribution in [-0.4, -0.2) is 6.61 Å². The SMILES string of the molecule is CCCCCOc1[c-]cc(C)cc1.[Zn+][Br]. The van der Waals surface area contributed by atoms with E-state index in [2.05, 4.69) is 33.5 Å². The van der Waals surface area contributed by atoms with Crippen LogP contribution in [0.5, 0.6) is 5.75 Å². The predicted octanol–water partition coefficient (Wildman–Crippen LogP) is 4.21. The number of ether oxygens (including phenoxy) is 1. The average Bonchev–Trinajstić information content (AvgIpc) is 2.30. The number of aryl methyl sites for hydroxylation is 1. The maximum atomic E-state index is 5.51. The molecule has 1 nitrogen and oxygen atoms in total. The molecule has 1 aromatic rings. The fraction of sp³-hybridized carbons (Fsp3) is 0.500. The van der Waals surface area contributed by atoms with Gasteiger partial charge in [-0.3, -0.25) is 0 Å². The quantitative estimate of drug-likeness (QED) is 0.448. The zero-order chi connectivity index (χ0) is 11.5. The van der Waals surface area contributed by atoms with Crippen molar-refractivity contribution in [3.8, 4) is 5.75 Å². The summed E-state index contributed by atoms with van der Waals surface area (Å²) in [5.41, 5.74) is 1.22. The Balaban J connectivity index is 0.000000921. The molecular weight excluding hydrogens is 305 g/mol. The molecule has 3 heteroatoms. The zero-order valence-corrected chi connectivity index (χ0v) is 14.1. The molecule has 0 amide bonds. The van der Waals surface area contributed by atoms with E-state index in [9.17, 15) is 0 Å². The van der Waals surface area contributed by atoms with Gasteiger partial charge in [0.1, 0.15) is 0 Å². The summed E-state index contributed by atoms with van der Waals surface area (Å²) in [6.07, 6.45) is 3.62. The number of benzene rings is 1. The second-order valence-electron chi connectivity index (χ2n) is 3.29. The van der Waals surface area contributed by atoms with E-state index in [0.717, 1.165) is 18.8 Å². The van der Waals surface area contributed by atoms with Gasteiger partial charge < -0.3 is 4.74 Å². The van der Waals surface area contributed by atoms with Crippen molar-refractivity contribution < 1.29 is 21.1 Å². The number of unbranched alkanes of at least 4 members (excludes halogenated alkanes) is 2. The van der Waals surface area contributed by atoms with Crippen molar-refractivity contribution in [2.45, 2.75) is 33.1 Å². The monoisotopic (exact) mass is 320 g/mol. The molecule has 80 valence electrons. The van der Waals surface area contributed by atoms with Gasteiger partial charge in [-0.05, 0) is 6.42 Å². The van der Waals surface area contributed by atoms with Gasteiger partial charge in [0.15, 0.2) is 0 Å². The molecule has 1 rings (SSSR count). The van der Waals surface area contributed by atoms with Crippen LogP contribution in [0.15, 0.2) is 18.2 Å². The van der Waals surface area contributed by atoms with Gasteiger partial charge in [0.25, 0.3) is 0 Å². The van der Waals surface area contributed by atoms with Crippen LogP contribution < -0.4 is 4.74 Å². The Kier molecular flexibility index (Phi) is 10.7. The molecule has 0 bridgehead atoms. The summed E-state index contributed by atoms with van der Waals surface area (Å²) in [7, 11) is 0. The van der Waals surface area contributed by atoms with E-state index in [4.69, 9.17) is 4.74 Å². The van der Waals surface area contributed by atoms with E-state index in [-0.39, 0.29) is 0 Å². The molecule has 0 unspecified atom stereocenters. The average molecular weight is 323 g/mol. The third-order valence-electron chi connectivity index (χ3n) is 1.95. The Bertz CT molecular complexity index is 236. The predicted molar refractivity (Wildman–Crippen MR) is 64.0 cm³/mol. The molecule has 0 atom stereocenters. The van der Waals surface area contributed by atoms with Crippen molar-refractivity contribution in [1.82, 2.24) is 0 Å². The first kappa shape index (κ1) is 15.1. The molecule has 0 aromatic heterocycles. The number of halogens is 1. The van der Waals surface area contributed by atoms with Crippen LogP contribution in [-0.2, 0) is 16.3 Å². The first-order valence-corrected chi connectivity index (χ1v) is 12.2. The van der Waals surface area contributed by atoms with Gasteiger partial charge >= 0.3 is 30.0 Å². The second-order valence-corrected chi connectivity index (χ2v) is 3.29. The summed E-state index contributed by atoms with van der Waals surface area (Å²) >= 11 is 4.25. The van der Waals surface area contributed by atoms with Crippen molar-refractivity contribution >= 4 is 13.6 Å². The van der Waals surface area contributed by atoms with Crippen LogP contribution in [0, 0.1) is 13.0 Å². The molecule has 0 saturated carbocycles. The number of hydrogen-bond donors (Lipinski definition) is 0. The maximum absolute atomic E-state index is 5.51. The van der Waals surface area contributed by atoms with Gasteiger partial charge in [-0.25, -0.2) is 0 Å². The van der Waals surface area contributed by atoms with Gasteiger partial charge in [-0.15, -0.1) is 12.1 Å². The Morgan fingerprint density at radius 1 is 1.33 bits per heavy atom. The van der Waals surface area contributed by atoms with Crippen LogP contribution in [0.4, 0.5) is 0 Å². The van der Waals surface area contributed by atoms with E-state index in [1.54, 1.807) is 0 Å². The summed E-state index contributed by atoms with van der Waals surface area (Å²) in [5, 5.41) is 0. The first-order valence-electron chi connectivity index (χ1n) is 5.21. The summed E-state index contributed by atoms with van der Waals surface area (Å²) in [5.74, 6) is 0.863. The van der Waals surface area contributed by atoms with Gasteiger partial charge in [0, 0.05) is 5.75 Å². The van der Waals surface area contributed by atoms with Gasteiger partial charge in [-0.2, -0.15) is 17.7 Å². The van der Waals surface area contributed by atoms with E-state index in [1.165, 1.54) is 34.7 Å². The van der Waals surface area contributed by atoms with Crippen molar-refractivity contribution in [3.63, 3.8) is 0 Å². The fourth-order valence-corrected chi connectivity index (χ4v) is 1.11. The molecule has 0 radical (unpaired) electrons. The Morgan fingerprint density at radius 2 is 2.07 bits per heavy atom. The standard InChI is InChI=1S/C12H17O.BrH.Zn/c1-3-4-5-10-13-12-8-6-11(2)7-9-12;;/h6-8H,3-5,10H2,1-2H3;1H;/q-1;;+2/p-1. The van der Waals surface area contributed by atoms with E-state index >= 15 is 0 Å². The molecule has 0 saturated heterocycles. The molecule has 0 aliphatic carbocycles. The van der Waals surface area contributed by atoms with Crippen molar-refractivity contribution in [2.75, 3.05) is 6.61 Å². The number of rotatable bonds is 5. The zero-order valence-electron chi connectivity index (χ0n) is 9.55. The third-order valence-corrected chi connectivity index (χ3v) is 1.95. The minimum absolute atomic E-state index is 0.813. The minimum atomic E-state index is 0.813. The summed E-state index contributed by atoms with van der Waals surface area (Å²) in [6.45, 7) is 5.06. The molecule has 0 aliphatic rings. The summed E-state index contributed by atoms with van der Waals surface area (Å²) in [4.78, 5) is 0. The summed E-state index contributed by atoms with van der Waals surface area (Å²) < 4.78 is 5.51. The van der Waals surface area contributed by atoms with Gasteiger partial charge in [-0.1, -0.05) is 26.7 Å². The Labute approximate surface area is 110 Å². The van der Waals surface area contributed by atoms with Crippen LogP contribution in [0.1, 0.15) is 31.7 Å². The van der Waals surface area contributed by atoms with Crippen LogP contribution in [0.3, 0.4) is 0 Å². The molecule has 0 aliphatic heterocycles. The summed E-state index contributed by atoms with van der Waals surface area (Å²) in [6, 6.07) is 9.07. The fourth-order valence-electron chi connectivity index (χ4n) is 1.11. The molecule has 0 heterocycles. The van der Waals surface area contributed by atoms with Crippen LogP contribution in [0.25, 0.3) is 0 Å². The van der Waals surface area contributed by atoms with Crippen molar-refractivity contribution in [2.24, 2.45) is 0 Å². The Hall–Kier alpha value is 0.123. The van der Waals surface area contributed by atoms with Crippen molar-refractivity contribution in [3.05, 3.63) is 29.8 Å². The molecule has 0 fully saturated rings. The van der Waals surface area contributed by atoms with E-state index in [1.807, 2.05) is 18.2 Å². The van der Waals surface area contributed by atoms with Crippen LogP contribution >= 0.6 is 13.6 Å². The Morgan fingerprint density at radius 3 is 2.60 bits per heavy atom. The molecular formula is C12H17BrOZn. The van der Waals surface area contributed by atoms with Crippen LogP contribution in [0.2, 0.25) is 0 Å². The van der Waals surface area contributed by atoms with Crippen molar-refractivity contribution in [1.29, 1.82) is 0 Å². The molecule has 0 spiro atoms. The van der Waals surface area contributed by atoms with Gasteiger partial charge in [0.05, 0.1) is 6.61 Å². The van der Waals surface area contributed by atoms with Gasteiger partial charge in [0.2, 0.25) is 0 Å². The molecule has 15 heavy (non-hydrogen) atoms. The number of hydrogen-bond acceptors (Lipinski definition) is 1. The molecule has 1 aromatic carbocycles. The normalized spacial score (nSPS) is 9.13. The van der Waals surface area contributed by atoms with E-state index < -0.39 is 0 Å². The second kappa shape index (κ2) is 10.6.